The van der Waals surface area contributed by atoms with Crippen molar-refractivity contribution < 1.29 is 14.3 Å². The molecule has 2 aliphatic rings. The van der Waals surface area contributed by atoms with Crippen molar-refractivity contribution in [2.75, 3.05) is 18.5 Å². The summed E-state index contributed by atoms with van der Waals surface area (Å²) < 4.78 is 13.1. The number of carbonyl (C=O) groups excluding carboxylic acids is 1. The molecule has 1 saturated carbocycles. The molecule has 0 unspecified atom stereocenters. The van der Waals surface area contributed by atoms with E-state index in [2.05, 4.69) is 25.4 Å². The number of hydrogen-bond acceptors (Lipinski definition) is 7. The second-order valence-electron chi connectivity index (χ2n) is 8.34. The maximum Gasteiger partial charge on any atom is 0.228 e. The zero-order chi connectivity index (χ0) is 21.7. The van der Waals surface area contributed by atoms with Crippen molar-refractivity contribution >= 4 is 28.1 Å². The number of nitrogens with zero attached hydrogens (tertiary/aromatic N) is 5. The molecule has 0 radical (unpaired) electrons. The summed E-state index contributed by atoms with van der Waals surface area (Å²) in [6.45, 7) is 3.27. The molecule has 1 amide bonds. The first-order valence-electron chi connectivity index (χ1n) is 10.8. The predicted molar refractivity (Wildman–Crippen MR) is 117 cm³/mol. The average molecular weight is 430 g/mol. The Kier molecular flexibility index (Phi) is 4.50. The van der Waals surface area contributed by atoms with Crippen LogP contribution in [0.15, 0.2) is 36.8 Å². The van der Waals surface area contributed by atoms with Gasteiger partial charge in [0.05, 0.1) is 19.4 Å². The van der Waals surface area contributed by atoms with Gasteiger partial charge >= 0.3 is 0 Å². The van der Waals surface area contributed by atoms with E-state index in [4.69, 9.17) is 9.47 Å². The van der Waals surface area contributed by atoms with Gasteiger partial charge in [-0.3, -0.25) is 9.78 Å². The standard InChI is InChI=1S/C23H22N6O3/c1-13-18-9-25-20(26-23(30)14-2-3-14)8-17(18)19(10-24-13)22-27-21-5-4-15(11-29(21)28-22)32-16-6-7-31-12-16/h4-5,8-11,14,16H,2-3,6-7,12H2,1H3,(H,25,26,30)/t16-/m1/s1. The van der Waals surface area contributed by atoms with E-state index in [-0.39, 0.29) is 17.9 Å². The lowest BCUT2D eigenvalue weighted by molar-refractivity contribution is -0.117. The number of ether oxygens (including phenoxy) is 2. The van der Waals surface area contributed by atoms with Gasteiger partial charge in [0.25, 0.3) is 0 Å². The van der Waals surface area contributed by atoms with Crippen molar-refractivity contribution in [1.29, 1.82) is 0 Å². The van der Waals surface area contributed by atoms with Gasteiger partial charge in [-0.25, -0.2) is 14.5 Å². The van der Waals surface area contributed by atoms with Crippen molar-refractivity contribution in [2.24, 2.45) is 5.92 Å². The van der Waals surface area contributed by atoms with Crippen molar-refractivity contribution in [3.63, 3.8) is 0 Å². The highest BCUT2D eigenvalue weighted by molar-refractivity contribution is 5.99. The molecule has 32 heavy (non-hydrogen) atoms. The minimum Gasteiger partial charge on any atom is -0.486 e. The lowest BCUT2D eigenvalue weighted by Crippen LogP contribution is -2.15. The van der Waals surface area contributed by atoms with Gasteiger partial charge in [-0.2, -0.15) is 0 Å². The van der Waals surface area contributed by atoms with Crippen LogP contribution in [0, 0.1) is 12.8 Å². The molecular weight excluding hydrogens is 408 g/mol. The summed E-state index contributed by atoms with van der Waals surface area (Å²) in [5, 5.41) is 9.39. The summed E-state index contributed by atoms with van der Waals surface area (Å²) >= 11 is 0. The number of aryl methyl sites for hydroxylation is 1. The molecule has 9 heteroatoms. The number of pyridine rings is 3. The largest absolute Gasteiger partial charge is 0.486 e. The first kappa shape index (κ1) is 19.1. The second-order valence-corrected chi connectivity index (χ2v) is 8.34. The van der Waals surface area contributed by atoms with Gasteiger partial charge in [0, 0.05) is 46.8 Å². The fourth-order valence-electron chi connectivity index (χ4n) is 3.93. The summed E-state index contributed by atoms with van der Waals surface area (Å²) in [6.07, 6.45) is 8.18. The van der Waals surface area contributed by atoms with Crippen molar-refractivity contribution in [1.82, 2.24) is 24.6 Å². The number of nitrogens with one attached hydrogen (secondary N) is 1. The fourth-order valence-corrected chi connectivity index (χ4v) is 3.93. The molecular formula is C23H22N6O3. The molecule has 162 valence electrons. The Labute approximate surface area is 183 Å². The van der Waals surface area contributed by atoms with Gasteiger partial charge in [-0.1, -0.05) is 0 Å². The average Bonchev–Trinajstić information content (AvgIpc) is 3.37. The molecule has 1 saturated heterocycles. The summed E-state index contributed by atoms with van der Waals surface area (Å²) in [4.78, 5) is 25.8. The summed E-state index contributed by atoms with van der Waals surface area (Å²) in [6, 6.07) is 5.65. The molecule has 0 bridgehead atoms. The highest BCUT2D eigenvalue weighted by atomic mass is 16.5. The first-order valence-corrected chi connectivity index (χ1v) is 10.8. The van der Waals surface area contributed by atoms with Crippen LogP contribution in [0.5, 0.6) is 5.75 Å². The molecule has 0 spiro atoms. The van der Waals surface area contributed by atoms with E-state index in [1.165, 1.54) is 0 Å². The molecule has 9 nitrogen and oxygen atoms in total. The molecule has 4 aromatic heterocycles. The first-order chi connectivity index (χ1) is 15.6. The van der Waals surface area contributed by atoms with Gasteiger partial charge in [0.1, 0.15) is 17.7 Å². The maximum absolute atomic E-state index is 12.2. The van der Waals surface area contributed by atoms with E-state index in [0.29, 0.717) is 23.9 Å². The van der Waals surface area contributed by atoms with E-state index < -0.39 is 0 Å². The Hall–Kier alpha value is -3.59. The SMILES string of the molecule is Cc1ncc(-c2nc3ccc(O[C@@H]4CCOC4)cn3n2)c2cc(NC(=O)C3CC3)ncc12. The maximum atomic E-state index is 12.2. The normalized spacial score (nSPS) is 18.3. The molecule has 1 aliphatic carbocycles. The number of anilines is 1. The van der Waals surface area contributed by atoms with Crippen LogP contribution in [0.4, 0.5) is 5.82 Å². The monoisotopic (exact) mass is 430 g/mol. The van der Waals surface area contributed by atoms with Gasteiger partial charge in [-0.05, 0) is 38.0 Å². The molecule has 1 atom stereocenters. The van der Waals surface area contributed by atoms with Gasteiger partial charge in [-0.15, -0.1) is 5.10 Å². The lowest BCUT2D eigenvalue weighted by Gasteiger charge is -2.11. The van der Waals surface area contributed by atoms with Gasteiger partial charge in [0.2, 0.25) is 5.91 Å². The van der Waals surface area contributed by atoms with Crippen LogP contribution in [0.2, 0.25) is 0 Å². The molecule has 6 rings (SSSR count). The van der Waals surface area contributed by atoms with Crippen LogP contribution in [-0.2, 0) is 9.53 Å². The van der Waals surface area contributed by atoms with E-state index >= 15 is 0 Å². The second kappa shape index (κ2) is 7.52. The summed E-state index contributed by atoms with van der Waals surface area (Å²) in [7, 11) is 0. The van der Waals surface area contributed by atoms with Crippen LogP contribution < -0.4 is 10.1 Å². The van der Waals surface area contributed by atoms with Crippen molar-refractivity contribution in [3.05, 3.63) is 42.5 Å². The molecule has 5 heterocycles. The topological polar surface area (TPSA) is 104 Å². The van der Waals surface area contributed by atoms with E-state index in [9.17, 15) is 4.79 Å². The smallest absolute Gasteiger partial charge is 0.228 e. The minimum atomic E-state index is 0.0234. The van der Waals surface area contributed by atoms with E-state index in [1.807, 2.05) is 31.3 Å². The Bertz CT molecular complexity index is 1340. The molecule has 2 fully saturated rings. The third kappa shape index (κ3) is 3.54. The minimum absolute atomic E-state index is 0.0234. The highest BCUT2D eigenvalue weighted by Gasteiger charge is 2.30. The van der Waals surface area contributed by atoms with E-state index in [1.54, 1.807) is 16.9 Å². The van der Waals surface area contributed by atoms with Gasteiger partial charge < -0.3 is 14.8 Å². The van der Waals surface area contributed by atoms with Gasteiger partial charge in [0.15, 0.2) is 11.5 Å². The van der Waals surface area contributed by atoms with Crippen molar-refractivity contribution in [3.8, 4) is 17.1 Å². The summed E-state index contributed by atoms with van der Waals surface area (Å²) in [5.74, 6) is 1.94. The number of carbonyl (C=O) groups is 1. The molecule has 4 aromatic rings. The zero-order valence-electron chi connectivity index (χ0n) is 17.6. The molecule has 1 N–H and O–H groups in total. The number of aromatic nitrogens is 5. The third-order valence-electron chi connectivity index (χ3n) is 5.91. The van der Waals surface area contributed by atoms with Crippen LogP contribution in [-0.4, -0.2) is 49.8 Å². The number of amides is 1. The van der Waals surface area contributed by atoms with Crippen LogP contribution in [0.25, 0.3) is 27.8 Å². The lowest BCUT2D eigenvalue weighted by atomic mass is 10.1. The number of fused-ring (bicyclic) bond motifs is 2. The van der Waals surface area contributed by atoms with E-state index in [0.717, 1.165) is 53.6 Å². The Morgan fingerprint density at radius 1 is 1.19 bits per heavy atom. The predicted octanol–water partition coefficient (Wildman–Crippen LogP) is 3.16. The zero-order valence-corrected chi connectivity index (χ0v) is 17.6. The highest BCUT2D eigenvalue weighted by Crippen LogP contribution is 2.32. The Morgan fingerprint density at radius 2 is 2.09 bits per heavy atom. The van der Waals surface area contributed by atoms with Crippen LogP contribution in [0.1, 0.15) is 25.0 Å². The number of hydrogen-bond donors (Lipinski definition) is 1. The number of rotatable bonds is 5. The third-order valence-corrected chi connectivity index (χ3v) is 5.91. The Morgan fingerprint density at radius 3 is 2.91 bits per heavy atom. The molecule has 0 aromatic carbocycles. The fraction of sp³-hybridized carbons (Fsp3) is 0.348. The summed E-state index contributed by atoms with van der Waals surface area (Å²) in [5.41, 5.74) is 2.35. The Balaban J connectivity index is 1.37. The van der Waals surface area contributed by atoms with Crippen LogP contribution in [0.3, 0.4) is 0 Å². The quantitative estimate of drug-likeness (QED) is 0.519. The molecule has 1 aliphatic heterocycles. The van der Waals surface area contributed by atoms with Crippen LogP contribution >= 0.6 is 0 Å². The van der Waals surface area contributed by atoms with Crippen molar-refractivity contribution in [2.45, 2.75) is 32.3 Å².